The third kappa shape index (κ3) is 3.69. The molecule has 1 unspecified atom stereocenters. The first-order chi connectivity index (χ1) is 8.81. The normalized spacial score (nSPS) is 17.3. The molecule has 1 N–H and O–H groups in total. The Morgan fingerprint density at radius 3 is 2.89 bits per heavy atom. The molecule has 1 nitrogen and oxygen atoms in total. The smallest absolute Gasteiger partial charge is 0.0536 e. The second-order valence-corrected chi connectivity index (χ2v) is 5.88. The fourth-order valence-corrected chi connectivity index (χ4v) is 2.98. The van der Waals surface area contributed by atoms with E-state index in [-0.39, 0.29) is 0 Å². The van der Waals surface area contributed by atoms with E-state index < -0.39 is 0 Å². The van der Waals surface area contributed by atoms with Gasteiger partial charge in [0.1, 0.15) is 0 Å². The van der Waals surface area contributed by atoms with Gasteiger partial charge in [0.05, 0.1) is 6.04 Å². The van der Waals surface area contributed by atoms with Gasteiger partial charge in [-0.2, -0.15) is 0 Å². The molecule has 0 saturated carbocycles. The van der Waals surface area contributed by atoms with Crippen LogP contribution in [0.3, 0.4) is 0 Å². The Bertz CT molecular complexity index is 411. The zero-order valence-corrected chi connectivity index (χ0v) is 12.7. The number of halogens is 1. The van der Waals surface area contributed by atoms with Gasteiger partial charge in [-0.25, -0.2) is 0 Å². The van der Waals surface area contributed by atoms with Gasteiger partial charge in [0.15, 0.2) is 0 Å². The van der Waals surface area contributed by atoms with Gasteiger partial charge < -0.3 is 5.32 Å². The first-order valence-corrected chi connectivity index (χ1v) is 7.78. The summed E-state index contributed by atoms with van der Waals surface area (Å²) in [5, 5.41) is 3.69. The fourth-order valence-electron chi connectivity index (χ4n) is 2.56. The molecular weight excluding hydrogens is 286 g/mol. The first-order valence-electron chi connectivity index (χ1n) is 6.99. The van der Waals surface area contributed by atoms with Crippen molar-refractivity contribution >= 4 is 15.9 Å². The highest BCUT2D eigenvalue weighted by atomic mass is 79.9. The molecule has 2 rings (SSSR count). The molecule has 1 aliphatic carbocycles. The van der Waals surface area contributed by atoms with Gasteiger partial charge in [-0.05, 0) is 56.3 Å². The molecule has 0 fully saturated rings. The predicted molar refractivity (Wildman–Crippen MR) is 81.7 cm³/mol. The van der Waals surface area contributed by atoms with Crippen molar-refractivity contribution in [3.63, 3.8) is 0 Å². The lowest BCUT2D eigenvalue weighted by Crippen LogP contribution is -2.24. The molecule has 0 heterocycles. The average molecular weight is 308 g/mol. The van der Waals surface area contributed by atoms with Crippen molar-refractivity contribution in [2.75, 3.05) is 6.54 Å². The lowest BCUT2D eigenvalue weighted by molar-refractivity contribution is 0.546. The Hall–Kier alpha value is -0.600. The van der Waals surface area contributed by atoms with Crippen molar-refractivity contribution in [3.05, 3.63) is 46.0 Å². The Kier molecular flexibility index (Phi) is 5.45. The Morgan fingerprint density at radius 1 is 1.33 bits per heavy atom. The van der Waals surface area contributed by atoms with Crippen molar-refractivity contribution in [3.8, 4) is 0 Å². The topological polar surface area (TPSA) is 12.0 Å². The molecule has 98 valence electrons. The Balaban J connectivity index is 2.21. The van der Waals surface area contributed by atoms with Crippen LogP contribution < -0.4 is 5.32 Å². The van der Waals surface area contributed by atoms with E-state index in [0.29, 0.717) is 6.04 Å². The van der Waals surface area contributed by atoms with E-state index in [2.05, 4.69) is 58.5 Å². The van der Waals surface area contributed by atoms with Gasteiger partial charge in [0.25, 0.3) is 0 Å². The quantitative estimate of drug-likeness (QED) is 0.756. The second kappa shape index (κ2) is 7.10. The van der Waals surface area contributed by atoms with E-state index in [4.69, 9.17) is 0 Å². The van der Waals surface area contributed by atoms with Crippen molar-refractivity contribution < 1.29 is 0 Å². The monoisotopic (exact) mass is 307 g/mol. The van der Waals surface area contributed by atoms with Crippen LogP contribution in [-0.2, 0) is 0 Å². The van der Waals surface area contributed by atoms with Crippen molar-refractivity contribution in [1.29, 1.82) is 0 Å². The Labute approximate surface area is 119 Å². The van der Waals surface area contributed by atoms with Crippen LogP contribution in [0.1, 0.15) is 50.6 Å². The molecule has 0 spiro atoms. The van der Waals surface area contributed by atoms with E-state index >= 15 is 0 Å². The minimum Gasteiger partial charge on any atom is -0.307 e. The van der Waals surface area contributed by atoms with Crippen molar-refractivity contribution in [2.45, 2.75) is 45.1 Å². The van der Waals surface area contributed by atoms with Crippen LogP contribution in [0.25, 0.3) is 0 Å². The van der Waals surface area contributed by atoms with Crippen LogP contribution >= 0.6 is 15.9 Å². The van der Waals surface area contributed by atoms with Crippen LogP contribution in [0.4, 0.5) is 0 Å². The van der Waals surface area contributed by atoms with Crippen molar-refractivity contribution in [2.24, 2.45) is 0 Å². The summed E-state index contributed by atoms with van der Waals surface area (Å²) in [6.45, 7) is 3.30. The maximum absolute atomic E-state index is 3.69. The average Bonchev–Trinajstić information content (AvgIpc) is 2.40. The number of nitrogens with one attached hydrogen (secondary N) is 1. The van der Waals surface area contributed by atoms with Gasteiger partial charge in [-0.15, -0.1) is 0 Å². The maximum atomic E-state index is 3.69. The molecule has 1 aliphatic rings. The number of allylic oxidation sites excluding steroid dienone is 1. The SMILES string of the molecule is CCCNC(C1=CCCCC1)c1cccc(Br)c1. The molecule has 0 aliphatic heterocycles. The summed E-state index contributed by atoms with van der Waals surface area (Å²) in [5.41, 5.74) is 2.96. The summed E-state index contributed by atoms with van der Waals surface area (Å²) in [4.78, 5) is 0. The van der Waals surface area contributed by atoms with Crippen LogP contribution in [0.15, 0.2) is 40.4 Å². The highest BCUT2D eigenvalue weighted by Crippen LogP contribution is 2.30. The number of rotatable bonds is 5. The van der Waals surface area contributed by atoms with E-state index in [1.54, 1.807) is 5.57 Å². The van der Waals surface area contributed by atoms with Gasteiger partial charge in [0.2, 0.25) is 0 Å². The summed E-state index contributed by atoms with van der Waals surface area (Å²) in [6, 6.07) is 9.10. The predicted octanol–water partition coefficient (Wildman–Crippen LogP) is 4.99. The minimum absolute atomic E-state index is 0.405. The Morgan fingerprint density at radius 2 is 2.22 bits per heavy atom. The van der Waals surface area contributed by atoms with E-state index in [1.165, 1.54) is 42.1 Å². The number of hydrogen-bond acceptors (Lipinski definition) is 1. The van der Waals surface area contributed by atoms with E-state index in [1.807, 2.05) is 0 Å². The van der Waals surface area contributed by atoms with Gasteiger partial charge >= 0.3 is 0 Å². The lowest BCUT2D eigenvalue weighted by Gasteiger charge is -2.25. The molecule has 2 heteroatoms. The molecule has 0 bridgehead atoms. The van der Waals surface area contributed by atoms with Gasteiger partial charge in [-0.3, -0.25) is 0 Å². The summed E-state index contributed by atoms with van der Waals surface area (Å²) in [5.74, 6) is 0. The van der Waals surface area contributed by atoms with Crippen LogP contribution in [0.5, 0.6) is 0 Å². The molecule has 18 heavy (non-hydrogen) atoms. The van der Waals surface area contributed by atoms with E-state index in [9.17, 15) is 0 Å². The molecule has 0 radical (unpaired) electrons. The van der Waals surface area contributed by atoms with Gasteiger partial charge in [-0.1, -0.05) is 46.6 Å². The molecular formula is C16H22BrN. The lowest BCUT2D eigenvalue weighted by atomic mass is 9.90. The standard InChI is InChI=1S/C16H22BrN/c1-2-11-18-16(13-7-4-3-5-8-13)14-9-6-10-15(17)12-14/h6-7,9-10,12,16,18H,2-5,8,11H2,1H3. The molecule has 1 aromatic rings. The largest absolute Gasteiger partial charge is 0.307 e. The van der Waals surface area contributed by atoms with Gasteiger partial charge in [0, 0.05) is 4.47 Å². The third-order valence-electron chi connectivity index (χ3n) is 3.48. The first kappa shape index (κ1) is 13.8. The molecule has 1 aromatic carbocycles. The molecule has 0 amide bonds. The zero-order valence-electron chi connectivity index (χ0n) is 11.1. The molecule has 1 atom stereocenters. The van der Waals surface area contributed by atoms with Crippen LogP contribution in [-0.4, -0.2) is 6.54 Å². The highest BCUT2D eigenvalue weighted by Gasteiger charge is 2.17. The highest BCUT2D eigenvalue weighted by molar-refractivity contribution is 9.10. The summed E-state index contributed by atoms with van der Waals surface area (Å²) in [6.07, 6.45) is 8.80. The zero-order chi connectivity index (χ0) is 12.8. The van der Waals surface area contributed by atoms with Crippen molar-refractivity contribution in [1.82, 2.24) is 5.32 Å². The summed E-state index contributed by atoms with van der Waals surface area (Å²) < 4.78 is 1.17. The molecule has 0 aromatic heterocycles. The number of benzene rings is 1. The summed E-state index contributed by atoms with van der Waals surface area (Å²) >= 11 is 3.58. The number of hydrogen-bond donors (Lipinski definition) is 1. The fraction of sp³-hybridized carbons (Fsp3) is 0.500. The second-order valence-electron chi connectivity index (χ2n) is 4.97. The molecule has 0 saturated heterocycles. The van der Waals surface area contributed by atoms with Crippen LogP contribution in [0, 0.1) is 0 Å². The van der Waals surface area contributed by atoms with Crippen LogP contribution in [0.2, 0.25) is 0 Å². The van der Waals surface area contributed by atoms with E-state index in [0.717, 1.165) is 6.54 Å². The maximum Gasteiger partial charge on any atom is 0.0536 e. The summed E-state index contributed by atoms with van der Waals surface area (Å²) in [7, 11) is 0. The minimum atomic E-state index is 0.405. The third-order valence-corrected chi connectivity index (χ3v) is 3.97.